The summed E-state index contributed by atoms with van der Waals surface area (Å²) in [6, 6.07) is -0.836. The van der Waals surface area contributed by atoms with E-state index >= 15 is 0 Å². The SMILES string of the molecule is CCONC=CCC1CCNC(C(=O)NC(C(C)C)C2OC(SC)C(O)C(O)C2O)C1. The fourth-order valence-electron chi connectivity index (χ4n) is 4.11. The highest BCUT2D eigenvalue weighted by atomic mass is 32.2. The van der Waals surface area contributed by atoms with Crippen molar-refractivity contribution in [2.24, 2.45) is 11.8 Å². The van der Waals surface area contributed by atoms with Crippen LogP contribution in [0.15, 0.2) is 12.3 Å². The van der Waals surface area contributed by atoms with E-state index < -0.39 is 35.9 Å². The Morgan fingerprint density at radius 1 is 1.29 bits per heavy atom. The highest BCUT2D eigenvalue weighted by Crippen LogP contribution is 2.30. The third kappa shape index (κ3) is 7.31. The van der Waals surface area contributed by atoms with Crippen LogP contribution in [0.1, 0.15) is 40.0 Å². The van der Waals surface area contributed by atoms with Gasteiger partial charge in [0, 0.05) is 6.20 Å². The minimum absolute atomic E-state index is 0.0412. The Labute approximate surface area is 189 Å². The molecule has 0 radical (unpaired) electrons. The summed E-state index contributed by atoms with van der Waals surface area (Å²) < 4.78 is 5.89. The molecule has 2 fully saturated rings. The Balaban J connectivity index is 1.97. The van der Waals surface area contributed by atoms with Crippen molar-refractivity contribution >= 4 is 17.7 Å². The van der Waals surface area contributed by atoms with Gasteiger partial charge in [0.05, 0.1) is 18.7 Å². The minimum atomic E-state index is -1.33. The largest absolute Gasteiger partial charge is 0.388 e. The van der Waals surface area contributed by atoms with E-state index in [2.05, 4.69) is 16.1 Å². The van der Waals surface area contributed by atoms with Crippen molar-refractivity contribution < 1.29 is 29.7 Å². The lowest BCUT2D eigenvalue weighted by molar-refractivity contribution is -0.208. The van der Waals surface area contributed by atoms with Crippen LogP contribution in [-0.4, -0.2) is 82.6 Å². The van der Waals surface area contributed by atoms with Gasteiger partial charge in [-0.2, -0.15) is 0 Å². The lowest BCUT2D eigenvalue weighted by atomic mass is 9.87. The van der Waals surface area contributed by atoms with Gasteiger partial charge in [0.2, 0.25) is 5.91 Å². The molecule has 0 aromatic carbocycles. The third-order valence-corrected chi connectivity index (χ3v) is 6.79. The zero-order valence-electron chi connectivity index (χ0n) is 18.9. The van der Waals surface area contributed by atoms with E-state index in [1.807, 2.05) is 26.8 Å². The average molecular weight is 462 g/mol. The number of hydroxylamine groups is 1. The average Bonchev–Trinajstić information content (AvgIpc) is 2.76. The molecule has 0 saturated carbocycles. The number of hydrogen-bond donors (Lipinski definition) is 6. The summed E-state index contributed by atoms with van der Waals surface area (Å²) in [5, 5.41) is 37.2. The zero-order chi connectivity index (χ0) is 23.0. The van der Waals surface area contributed by atoms with Gasteiger partial charge in [-0.05, 0) is 50.8 Å². The zero-order valence-corrected chi connectivity index (χ0v) is 19.7. The normalized spacial score (nSPS) is 35.3. The number of allylic oxidation sites excluding steroid dienone is 1. The number of amides is 1. The van der Waals surface area contributed by atoms with Gasteiger partial charge >= 0.3 is 0 Å². The van der Waals surface area contributed by atoms with Gasteiger partial charge in [0.1, 0.15) is 29.9 Å². The van der Waals surface area contributed by atoms with Gasteiger partial charge in [0.25, 0.3) is 0 Å². The maximum Gasteiger partial charge on any atom is 0.237 e. The Kier molecular flexibility index (Phi) is 11.0. The second kappa shape index (κ2) is 13.0. The molecule has 0 bridgehead atoms. The van der Waals surface area contributed by atoms with Crippen LogP contribution in [0.2, 0.25) is 0 Å². The standard InChI is InChI=1S/C21H39N3O6S/c1-5-29-23-9-6-7-13-8-10-22-14(11-13)20(28)24-15(12(2)3)19-17(26)16(25)18(27)21(30-19)31-4/h6,9,12-19,21-23,25-27H,5,7-8,10-11H2,1-4H3,(H,24,28). The molecule has 2 heterocycles. The van der Waals surface area contributed by atoms with E-state index in [1.165, 1.54) is 11.8 Å². The number of carbonyl (C=O) groups is 1. The Morgan fingerprint density at radius 3 is 2.68 bits per heavy atom. The molecule has 10 heteroatoms. The first-order valence-corrected chi connectivity index (χ1v) is 12.4. The Bertz CT molecular complexity index is 579. The molecule has 8 atom stereocenters. The van der Waals surface area contributed by atoms with Crippen LogP contribution in [0.25, 0.3) is 0 Å². The first-order valence-electron chi connectivity index (χ1n) is 11.1. The molecule has 0 aromatic heterocycles. The van der Waals surface area contributed by atoms with Gasteiger partial charge in [-0.15, -0.1) is 11.8 Å². The van der Waals surface area contributed by atoms with Crippen molar-refractivity contribution in [1.82, 2.24) is 16.1 Å². The summed E-state index contributed by atoms with van der Waals surface area (Å²) in [5.41, 5.74) is 2.08. The van der Waals surface area contributed by atoms with E-state index in [4.69, 9.17) is 9.57 Å². The molecular formula is C21H39N3O6S. The number of ether oxygens (including phenoxy) is 1. The quantitative estimate of drug-likeness (QED) is 0.198. The van der Waals surface area contributed by atoms with Crippen LogP contribution >= 0.6 is 11.8 Å². The number of rotatable bonds is 10. The first kappa shape index (κ1) is 26.4. The maximum absolute atomic E-state index is 13.0. The number of aliphatic hydroxyl groups is 3. The number of thioether (sulfide) groups is 1. The van der Waals surface area contributed by atoms with E-state index in [9.17, 15) is 20.1 Å². The van der Waals surface area contributed by atoms with E-state index in [1.54, 1.807) is 12.5 Å². The molecule has 180 valence electrons. The fraction of sp³-hybridized carbons (Fsp3) is 0.857. The number of nitrogens with one attached hydrogen (secondary N) is 3. The monoisotopic (exact) mass is 461 g/mol. The molecule has 9 nitrogen and oxygen atoms in total. The number of piperidine rings is 1. The van der Waals surface area contributed by atoms with Gasteiger partial charge < -0.3 is 30.7 Å². The van der Waals surface area contributed by atoms with Crippen molar-refractivity contribution in [3.63, 3.8) is 0 Å². The van der Waals surface area contributed by atoms with Crippen molar-refractivity contribution in [1.29, 1.82) is 0 Å². The molecule has 2 saturated heterocycles. The van der Waals surface area contributed by atoms with Crippen molar-refractivity contribution in [3.8, 4) is 0 Å². The van der Waals surface area contributed by atoms with E-state index in [-0.39, 0.29) is 17.9 Å². The second-order valence-electron chi connectivity index (χ2n) is 8.54. The lowest BCUT2D eigenvalue weighted by Crippen LogP contribution is -2.65. The number of carbonyl (C=O) groups excluding carboxylic acids is 1. The van der Waals surface area contributed by atoms with Crippen molar-refractivity contribution in [2.75, 3.05) is 19.4 Å². The van der Waals surface area contributed by atoms with E-state index in [0.717, 1.165) is 19.4 Å². The molecule has 1 amide bonds. The molecule has 31 heavy (non-hydrogen) atoms. The molecule has 8 unspecified atom stereocenters. The third-order valence-electron chi connectivity index (χ3n) is 5.93. The molecule has 2 aliphatic rings. The summed E-state index contributed by atoms with van der Waals surface area (Å²) in [6.07, 6.45) is 3.48. The summed E-state index contributed by atoms with van der Waals surface area (Å²) in [7, 11) is 0. The predicted octanol–water partition coefficient (Wildman–Crippen LogP) is 0.111. The van der Waals surface area contributed by atoms with Gasteiger partial charge in [-0.1, -0.05) is 19.9 Å². The van der Waals surface area contributed by atoms with Crippen LogP contribution in [-0.2, 0) is 14.4 Å². The van der Waals surface area contributed by atoms with Crippen molar-refractivity contribution in [3.05, 3.63) is 12.3 Å². The number of aliphatic hydroxyl groups excluding tert-OH is 3. The fourth-order valence-corrected chi connectivity index (χ4v) is 4.79. The van der Waals surface area contributed by atoms with Crippen LogP contribution in [0, 0.1) is 11.8 Å². The Morgan fingerprint density at radius 2 is 2.03 bits per heavy atom. The molecule has 2 aliphatic heterocycles. The van der Waals surface area contributed by atoms with Crippen LogP contribution in [0.5, 0.6) is 0 Å². The topological polar surface area (TPSA) is 132 Å². The smallest absolute Gasteiger partial charge is 0.237 e. The van der Waals surface area contributed by atoms with Crippen LogP contribution in [0.3, 0.4) is 0 Å². The summed E-state index contributed by atoms with van der Waals surface area (Å²) in [5.74, 6) is 0.195. The lowest BCUT2D eigenvalue weighted by Gasteiger charge is -2.44. The second-order valence-corrected chi connectivity index (χ2v) is 9.48. The first-order chi connectivity index (χ1) is 14.8. The summed E-state index contributed by atoms with van der Waals surface area (Å²) in [6.45, 7) is 7.11. The number of hydrogen-bond acceptors (Lipinski definition) is 9. The maximum atomic E-state index is 13.0. The molecule has 0 aromatic rings. The Hall–Kier alpha value is -0.880. The molecule has 0 aliphatic carbocycles. The molecule has 6 N–H and O–H groups in total. The van der Waals surface area contributed by atoms with Crippen molar-refractivity contribution in [2.45, 2.75) is 82.0 Å². The van der Waals surface area contributed by atoms with Gasteiger partial charge in [-0.3, -0.25) is 15.1 Å². The van der Waals surface area contributed by atoms with Gasteiger partial charge in [0.15, 0.2) is 0 Å². The minimum Gasteiger partial charge on any atom is -0.388 e. The van der Waals surface area contributed by atoms with E-state index in [0.29, 0.717) is 18.9 Å². The summed E-state index contributed by atoms with van der Waals surface area (Å²) in [4.78, 5) is 18.1. The van der Waals surface area contributed by atoms with Crippen LogP contribution in [0.4, 0.5) is 0 Å². The highest BCUT2D eigenvalue weighted by Gasteiger charge is 2.47. The summed E-state index contributed by atoms with van der Waals surface area (Å²) >= 11 is 1.26. The molecule has 2 rings (SSSR count). The van der Waals surface area contributed by atoms with Gasteiger partial charge in [-0.25, -0.2) is 0 Å². The predicted molar refractivity (Wildman–Crippen MR) is 120 cm³/mol. The molecule has 0 spiro atoms. The highest BCUT2D eigenvalue weighted by molar-refractivity contribution is 7.99. The van der Waals surface area contributed by atoms with Crippen LogP contribution < -0.4 is 16.1 Å². The molecular weight excluding hydrogens is 422 g/mol.